The summed E-state index contributed by atoms with van der Waals surface area (Å²) >= 11 is 0. The molecule has 0 saturated carbocycles. The first kappa shape index (κ1) is 12.3. The third kappa shape index (κ3) is 2.14. The molecule has 100 valence electrons. The first-order chi connectivity index (χ1) is 9.65. The number of benzene rings is 1. The molecule has 2 aromatic heterocycles. The molecule has 0 aliphatic heterocycles. The summed E-state index contributed by atoms with van der Waals surface area (Å²) in [6.07, 6.45) is 3.50. The van der Waals surface area contributed by atoms with Crippen LogP contribution in [0.2, 0.25) is 0 Å². The summed E-state index contributed by atoms with van der Waals surface area (Å²) in [6, 6.07) is 9.39. The molecule has 20 heavy (non-hydrogen) atoms. The Morgan fingerprint density at radius 1 is 1.25 bits per heavy atom. The fourth-order valence-electron chi connectivity index (χ4n) is 2.32. The number of pyridine rings is 1. The Labute approximate surface area is 115 Å². The van der Waals surface area contributed by atoms with Crippen molar-refractivity contribution < 1.29 is 9.90 Å². The van der Waals surface area contributed by atoms with Gasteiger partial charge in [-0.2, -0.15) is 0 Å². The zero-order valence-corrected chi connectivity index (χ0v) is 10.9. The van der Waals surface area contributed by atoms with Crippen LogP contribution in [0.4, 0.5) is 0 Å². The van der Waals surface area contributed by atoms with E-state index in [-0.39, 0.29) is 6.42 Å². The van der Waals surface area contributed by atoms with Crippen molar-refractivity contribution in [2.75, 3.05) is 0 Å². The van der Waals surface area contributed by atoms with Gasteiger partial charge in [-0.1, -0.05) is 12.1 Å². The lowest BCUT2D eigenvalue weighted by atomic mass is 10.1. The molecule has 5 nitrogen and oxygen atoms in total. The van der Waals surface area contributed by atoms with Crippen molar-refractivity contribution in [1.29, 1.82) is 0 Å². The van der Waals surface area contributed by atoms with Gasteiger partial charge in [0.25, 0.3) is 0 Å². The minimum absolute atomic E-state index is 0.0356. The molecule has 0 amide bonds. The van der Waals surface area contributed by atoms with Gasteiger partial charge in [0.15, 0.2) is 0 Å². The van der Waals surface area contributed by atoms with Crippen LogP contribution in [0.5, 0.6) is 0 Å². The van der Waals surface area contributed by atoms with Crippen LogP contribution in [-0.2, 0) is 11.2 Å². The molecule has 3 aromatic rings. The Morgan fingerprint density at radius 2 is 2.00 bits per heavy atom. The van der Waals surface area contributed by atoms with Crippen LogP contribution in [0.25, 0.3) is 16.7 Å². The highest BCUT2D eigenvalue weighted by molar-refractivity contribution is 5.77. The van der Waals surface area contributed by atoms with E-state index < -0.39 is 5.97 Å². The maximum atomic E-state index is 10.7. The summed E-state index contributed by atoms with van der Waals surface area (Å²) in [5.74, 6) is 0.0482. The predicted molar refractivity (Wildman–Crippen MR) is 74.9 cm³/mol. The minimum atomic E-state index is -0.826. The van der Waals surface area contributed by atoms with E-state index in [0.717, 1.165) is 28.1 Å². The smallest absolute Gasteiger partial charge is 0.307 e. The average molecular weight is 267 g/mol. The monoisotopic (exact) mass is 267 g/mol. The average Bonchev–Trinajstić information content (AvgIpc) is 2.75. The number of aliphatic carboxylic acids is 1. The summed E-state index contributed by atoms with van der Waals surface area (Å²) in [5.41, 5.74) is 3.58. The molecule has 0 aliphatic rings. The summed E-state index contributed by atoms with van der Waals surface area (Å²) in [4.78, 5) is 19.2. The number of carbonyl (C=O) groups is 1. The van der Waals surface area contributed by atoms with Crippen molar-refractivity contribution in [3.63, 3.8) is 0 Å². The molecule has 1 aromatic carbocycles. The fourth-order valence-corrected chi connectivity index (χ4v) is 2.32. The molecule has 0 saturated heterocycles. The third-order valence-corrected chi connectivity index (χ3v) is 3.17. The number of aryl methyl sites for hydroxylation is 1. The number of fused-ring (bicyclic) bond motifs is 1. The highest BCUT2D eigenvalue weighted by Gasteiger charge is 2.09. The quantitative estimate of drug-likeness (QED) is 0.791. The standard InChI is InChI=1S/C15H13N3O2/c1-10-17-13-9-16-7-6-14(13)18(10)12-4-2-11(3-5-12)8-15(19)20/h2-7,9H,8H2,1H3,(H,19,20). The van der Waals surface area contributed by atoms with E-state index in [4.69, 9.17) is 5.11 Å². The fraction of sp³-hybridized carbons (Fsp3) is 0.133. The maximum absolute atomic E-state index is 10.7. The van der Waals surface area contributed by atoms with Gasteiger partial charge in [-0.15, -0.1) is 0 Å². The van der Waals surface area contributed by atoms with Gasteiger partial charge in [0, 0.05) is 11.9 Å². The van der Waals surface area contributed by atoms with Crippen LogP contribution < -0.4 is 0 Å². The van der Waals surface area contributed by atoms with E-state index in [1.807, 2.05) is 41.8 Å². The van der Waals surface area contributed by atoms with Crippen molar-refractivity contribution >= 4 is 17.0 Å². The largest absolute Gasteiger partial charge is 0.481 e. The molecule has 5 heteroatoms. The Morgan fingerprint density at radius 3 is 2.70 bits per heavy atom. The van der Waals surface area contributed by atoms with E-state index in [2.05, 4.69) is 9.97 Å². The summed E-state index contributed by atoms with van der Waals surface area (Å²) in [7, 11) is 0. The van der Waals surface area contributed by atoms with Crippen molar-refractivity contribution in [3.05, 3.63) is 54.1 Å². The van der Waals surface area contributed by atoms with Crippen LogP contribution in [0.15, 0.2) is 42.7 Å². The molecule has 2 heterocycles. The first-order valence-electron chi connectivity index (χ1n) is 6.25. The third-order valence-electron chi connectivity index (χ3n) is 3.17. The van der Waals surface area contributed by atoms with Gasteiger partial charge in [0.2, 0.25) is 0 Å². The van der Waals surface area contributed by atoms with Crippen LogP contribution in [0, 0.1) is 6.92 Å². The Balaban J connectivity index is 2.07. The number of imidazole rings is 1. The topological polar surface area (TPSA) is 68.0 Å². The molecule has 0 radical (unpaired) electrons. The van der Waals surface area contributed by atoms with Crippen LogP contribution >= 0.6 is 0 Å². The predicted octanol–water partition coefficient (Wildman–Crippen LogP) is 2.36. The molecular formula is C15H13N3O2. The first-order valence-corrected chi connectivity index (χ1v) is 6.25. The lowest BCUT2D eigenvalue weighted by Gasteiger charge is -2.07. The summed E-state index contributed by atoms with van der Waals surface area (Å²) in [6.45, 7) is 1.94. The summed E-state index contributed by atoms with van der Waals surface area (Å²) in [5, 5.41) is 8.78. The number of rotatable bonds is 3. The van der Waals surface area contributed by atoms with Gasteiger partial charge in [-0.05, 0) is 30.7 Å². The number of hydrogen-bond donors (Lipinski definition) is 1. The molecular weight excluding hydrogens is 254 g/mol. The highest BCUT2D eigenvalue weighted by atomic mass is 16.4. The number of carboxylic acids is 1. The van der Waals surface area contributed by atoms with Gasteiger partial charge >= 0.3 is 5.97 Å². The van der Waals surface area contributed by atoms with E-state index in [1.54, 1.807) is 12.4 Å². The van der Waals surface area contributed by atoms with Gasteiger partial charge in [-0.25, -0.2) is 4.98 Å². The molecule has 0 spiro atoms. The summed E-state index contributed by atoms with van der Waals surface area (Å²) < 4.78 is 2.03. The van der Waals surface area contributed by atoms with Crippen LogP contribution in [0.3, 0.4) is 0 Å². The Kier molecular flexibility index (Phi) is 2.95. The van der Waals surface area contributed by atoms with Gasteiger partial charge in [0.1, 0.15) is 11.3 Å². The zero-order valence-electron chi connectivity index (χ0n) is 10.9. The maximum Gasteiger partial charge on any atom is 0.307 e. The lowest BCUT2D eigenvalue weighted by Crippen LogP contribution is -2.01. The van der Waals surface area contributed by atoms with Gasteiger partial charge in [0.05, 0.1) is 18.1 Å². The van der Waals surface area contributed by atoms with Crippen molar-refractivity contribution in [2.45, 2.75) is 13.3 Å². The molecule has 1 N–H and O–H groups in total. The number of nitrogens with zero attached hydrogens (tertiary/aromatic N) is 3. The second-order valence-electron chi connectivity index (χ2n) is 4.60. The van der Waals surface area contributed by atoms with E-state index in [0.29, 0.717) is 0 Å². The molecule has 3 rings (SSSR count). The van der Waals surface area contributed by atoms with Crippen LogP contribution in [0.1, 0.15) is 11.4 Å². The Hall–Kier alpha value is -2.69. The van der Waals surface area contributed by atoms with Crippen molar-refractivity contribution in [3.8, 4) is 5.69 Å². The normalized spacial score (nSPS) is 10.8. The molecule has 0 bridgehead atoms. The lowest BCUT2D eigenvalue weighted by molar-refractivity contribution is -0.136. The second-order valence-corrected chi connectivity index (χ2v) is 4.60. The minimum Gasteiger partial charge on any atom is -0.481 e. The number of carboxylic acid groups (broad SMARTS) is 1. The molecule has 0 fully saturated rings. The SMILES string of the molecule is Cc1nc2cnccc2n1-c1ccc(CC(=O)O)cc1. The number of hydrogen-bond acceptors (Lipinski definition) is 3. The second kappa shape index (κ2) is 4.77. The molecule has 0 aliphatic carbocycles. The van der Waals surface area contributed by atoms with Gasteiger partial charge < -0.3 is 5.11 Å². The van der Waals surface area contributed by atoms with E-state index in [9.17, 15) is 4.79 Å². The van der Waals surface area contributed by atoms with Crippen molar-refractivity contribution in [2.24, 2.45) is 0 Å². The van der Waals surface area contributed by atoms with Gasteiger partial charge in [-0.3, -0.25) is 14.3 Å². The number of aromatic nitrogens is 3. The van der Waals surface area contributed by atoms with Crippen LogP contribution in [-0.4, -0.2) is 25.6 Å². The molecule has 0 atom stereocenters. The van der Waals surface area contributed by atoms with Crippen molar-refractivity contribution in [1.82, 2.24) is 14.5 Å². The zero-order chi connectivity index (χ0) is 14.1. The highest BCUT2D eigenvalue weighted by Crippen LogP contribution is 2.20. The molecule has 0 unspecified atom stereocenters. The van der Waals surface area contributed by atoms with E-state index in [1.165, 1.54) is 0 Å². The Bertz CT molecular complexity index is 775. The van der Waals surface area contributed by atoms with E-state index >= 15 is 0 Å².